The Kier molecular flexibility index (Phi) is 3.15. The van der Waals surface area contributed by atoms with E-state index in [0.717, 1.165) is 24.8 Å². The van der Waals surface area contributed by atoms with Crippen LogP contribution in [0.3, 0.4) is 0 Å². The predicted molar refractivity (Wildman–Crippen MR) is 52.1 cm³/mol. The van der Waals surface area contributed by atoms with Crippen LogP contribution in [-0.2, 0) is 0 Å². The standard InChI is InChI=1S/C11H16O/c1-3-4-11(12)10-7-5-9(2)6-8-10/h4-5,7,12H,3,6,8H2,1-2H3/b11-4-. The fourth-order valence-corrected chi connectivity index (χ4v) is 1.28. The Balaban J connectivity index is 2.71. The van der Waals surface area contributed by atoms with Gasteiger partial charge in [-0.3, -0.25) is 0 Å². The molecule has 0 bridgehead atoms. The molecular formula is C11H16O. The van der Waals surface area contributed by atoms with E-state index in [1.807, 2.05) is 19.1 Å². The summed E-state index contributed by atoms with van der Waals surface area (Å²) in [6, 6.07) is 0. The molecule has 0 radical (unpaired) electrons. The normalized spacial score (nSPS) is 18.7. The lowest BCUT2D eigenvalue weighted by Gasteiger charge is -2.10. The van der Waals surface area contributed by atoms with Gasteiger partial charge in [0.2, 0.25) is 0 Å². The molecule has 0 aromatic carbocycles. The molecule has 1 rings (SSSR count). The molecule has 1 nitrogen and oxygen atoms in total. The van der Waals surface area contributed by atoms with Gasteiger partial charge in [-0.25, -0.2) is 0 Å². The smallest absolute Gasteiger partial charge is 0.114 e. The Morgan fingerprint density at radius 3 is 2.75 bits per heavy atom. The quantitative estimate of drug-likeness (QED) is 0.619. The molecule has 0 fully saturated rings. The molecule has 0 aromatic rings. The van der Waals surface area contributed by atoms with Crippen molar-refractivity contribution in [2.24, 2.45) is 0 Å². The number of hydrogen-bond donors (Lipinski definition) is 1. The number of aliphatic hydroxyl groups is 1. The van der Waals surface area contributed by atoms with Crippen molar-refractivity contribution < 1.29 is 5.11 Å². The van der Waals surface area contributed by atoms with Crippen molar-refractivity contribution in [3.05, 3.63) is 35.1 Å². The van der Waals surface area contributed by atoms with Gasteiger partial charge in [-0.15, -0.1) is 0 Å². The second-order valence-corrected chi connectivity index (χ2v) is 3.20. The van der Waals surface area contributed by atoms with Crippen molar-refractivity contribution in [3.8, 4) is 0 Å². The first kappa shape index (κ1) is 9.11. The number of rotatable bonds is 2. The fraction of sp³-hybridized carbons (Fsp3) is 0.455. The lowest BCUT2D eigenvalue weighted by atomic mass is 9.98. The first-order valence-corrected chi connectivity index (χ1v) is 4.50. The highest BCUT2D eigenvalue weighted by molar-refractivity contribution is 5.33. The molecule has 1 heteroatoms. The van der Waals surface area contributed by atoms with Gasteiger partial charge >= 0.3 is 0 Å². The van der Waals surface area contributed by atoms with Crippen molar-refractivity contribution in [2.45, 2.75) is 33.1 Å². The van der Waals surface area contributed by atoms with Crippen molar-refractivity contribution >= 4 is 0 Å². The molecule has 0 aromatic heterocycles. The second kappa shape index (κ2) is 4.15. The summed E-state index contributed by atoms with van der Waals surface area (Å²) in [5.74, 6) is 0.459. The van der Waals surface area contributed by atoms with E-state index in [4.69, 9.17) is 0 Å². The van der Waals surface area contributed by atoms with Crippen molar-refractivity contribution in [3.63, 3.8) is 0 Å². The minimum Gasteiger partial charge on any atom is -0.508 e. The maximum Gasteiger partial charge on any atom is 0.114 e. The van der Waals surface area contributed by atoms with Gasteiger partial charge in [-0.05, 0) is 37.8 Å². The summed E-state index contributed by atoms with van der Waals surface area (Å²) in [5.41, 5.74) is 2.46. The van der Waals surface area contributed by atoms with Crippen molar-refractivity contribution in [1.82, 2.24) is 0 Å². The van der Waals surface area contributed by atoms with Gasteiger partial charge in [0, 0.05) is 0 Å². The fourth-order valence-electron chi connectivity index (χ4n) is 1.28. The third kappa shape index (κ3) is 2.26. The predicted octanol–water partition coefficient (Wildman–Crippen LogP) is 3.50. The van der Waals surface area contributed by atoms with E-state index in [-0.39, 0.29) is 0 Å². The average molecular weight is 164 g/mol. The molecule has 0 atom stereocenters. The molecule has 0 amide bonds. The van der Waals surface area contributed by atoms with E-state index in [0.29, 0.717) is 5.76 Å². The van der Waals surface area contributed by atoms with E-state index < -0.39 is 0 Å². The van der Waals surface area contributed by atoms with Gasteiger partial charge in [0.1, 0.15) is 5.76 Å². The molecule has 0 unspecified atom stereocenters. The van der Waals surface area contributed by atoms with E-state index in [1.54, 1.807) is 0 Å². The highest BCUT2D eigenvalue weighted by Crippen LogP contribution is 2.22. The lowest BCUT2D eigenvalue weighted by Crippen LogP contribution is -1.94. The average Bonchev–Trinajstić information content (AvgIpc) is 2.06. The number of aliphatic hydroxyl groups excluding tert-OH is 1. The molecule has 66 valence electrons. The van der Waals surface area contributed by atoms with Crippen LogP contribution in [0.25, 0.3) is 0 Å². The van der Waals surface area contributed by atoms with Gasteiger partial charge in [0.05, 0.1) is 0 Å². The van der Waals surface area contributed by atoms with Crippen LogP contribution in [0.5, 0.6) is 0 Å². The van der Waals surface area contributed by atoms with E-state index in [9.17, 15) is 5.11 Å². The molecule has 1 N–H and O–H groups in total. The van der Waals surface area contributed by atoms with Crippen molar-refractivity contribution in [1.29, 1.82) is 0 Å². The third-order valence-corrected chi connectivity index (χ3v) is 2.08. The number of allylic oxidation sites excluding steroid dienone is 5. The van der Waals surface area contributed by atoms with Gasteiger partial charge in [0.25, 0.3) is 0 Å². The first-order chi connectivity index (χ1) is 5.74. The topological polar surface area (TPSA) is 20.2 Å². The van der Waals surface area contributed by atoms with Crippen LogP contribution >= 0.6 is 0 Å². The zero-order valence-electron chi connectivity index (χ0n) is 7.80. The minimum atomic E-state index is 0.459. The summed E-state index contributed by atoms with van der Waals surface area (Å²) in [5, 5.41) is 9.52. The number of hydrogen-bond acceptors (Lipinski definition) is 1. The molecule has 0 spiro atoms. The maximum atomic E-state index is 9.52. The zero-order valence-corrected chi connectivity index (χ0v) is 7.80. The van der Waals surface area contributed by atoms with E-state index >= 15 is 0 Å². The highest BCUT2D eigenvalue weighted by atomic mass is 16.3. The summed E-state index contributed by atoms with van der Waals surface area (Å²) in [4.78, 5) is 0. The van der Waals surface area contributed by atoms with Crippen LogP contribution < -0.4 is 0 Å². The second-order valence-electron chi connectivity index (χ2n) is 3.20. The zero-order chi connectivity index (χ0) is 8.97. The van der Waals surface area contributed by atoms with Crippen LogP contribution in [0, 0.1) is 0 Å². The molecular weight excluding hydrogens is 148 g/mol. The molecule has 1 aliphatic rings. The Labute approximate surface area is 74.1 Å². The summed E-state index contributed by atoms with van der Waals surface area (Å²) in [6.07, 6.45) is 8.91. The summed E-state index contributed by atoms with van der Waals surface area (Å²) >= 11 is 0. The molecule has 0 saturated heterocycles. The molecule has 12 heavy (non-hydrogen) atoms. The Morgan fingerprint density at radius 2 is 2.25 bits per heavy atom. The van der Waals surface area contributed by atoms with Crippen LogP contribution in [0.4, 0.5) is 0 Å². The molecule has 1 aliphatic carbocycles. The first-order valence-electron chi connectivity index (χ1n) is 4.50. The van der Waals surface area contributed by atoms with Gasteiger partial charge < -0.3 is 5.11 Å². The van der Waals surface area contributed by atoms with Crippen LogP contribution in [-0.4, -0.2) is 5.11 Å². The van der Waals surface area contributed by atoms with E-state index in [2.05, 4.69) is 13.0 Å². The van der Waals surface area contributed by atoms with Gasteiger partial charge in [0.15, 0.2) is 0 Å². The summed E-state index contributed by atoms with van der Waals surface area (Å²) in [7, 11) is 0. The van der Waals surface area contributed by atoms with Gasteiger partial charge in [-0.1, -0.05) is 24.6 Å². The molecule has 0 aliphatic heterocycles. The highest BCUT2D eigenvalue weighted by Gasteiger charge is 2.05. The van der Waals surface area contributed by atoms with Gasteiger partial charge in [-0.2, -0.15) is 0 Å². The summed E-state index contributed by atoms with van der Waals surface area (Å²) < 4.78 is 0. The van der Waals surface area contributed by atoms with E-state index in [1.165, 1.54) is 5.57 Å². The molecule has 0 heterocycles. The largest absolute Gasteiger partial charge is 0.508 e. The summed E-state index contributed by atoms with van der Waals surface area (Å²) in [6.45, 7) is 4.15. The maximum absolute atomic E-state index is 9.52. The van der Waals surface area contributed by atoms with Crippen LogP contribution in [0.1, 0.15) is 33.1 Å². The SMILES string of the molecule is CC/C=C(\O)C1=CC=C(C)CC1. The van der Waals surface area contributed by atoms with Crippen LogP contribution in [0.2, 0.25) is 0 Å². The Bertz CT molecular complexity index is 244. The minimum absolute atomic E-state index is 0.459. The monoisotopic (exact) mass is 164 g/mol. The Hall–Kier alpha value is -0.980. The third-order valence-electron chi connectivity index (χ3n) is 2.08. The van der Waals surface area contributed by atoms with Crippen LogP contribution in [0.15, 0.2) is 35.1 Å². The lowest BCUT2D eigenvalue weighted by molar-refractivity contribution is 0.416. The van der Waals surface area contributed by atoms with Crippen molar-refractivity contribution in [2.75, 3.05) is 0 Å². The Morgan fingerprint density at radius 1 is 1.50 bits per heavy atom. The molecule has 0 saturated carbocycles.